The molecule has 1 heterocycles. The lowest BCUT2D eigenvalue weighted by atomic mass is 9.98. The van der Waals surface area contributed by atoms with Crippen molar-refractivity contribution in [2.45, 2.75) is 38.1 Å². The van der Waals surface area contributed by atoms with Crippen molar-refractivity contribution >= 4 is 5.69 Å². The van der Waals surface area contributed by atoms with Gasteiger partial charge in [-0.25, -0.2) is 0 Å². The van der Waals surface area contributed by atoms with Crippen LogP contribution in [0.1, 0.15) is 31.4 Å². The molecule has 0 aliphatic carbocycles. The third kappa shape index (κ3) is 2.46. The summed E-state index contributed by atoms with van der Waals surface area (Å²) >= 11 is 0. The van der Waals surface area contributed by atoms with Gasteiger partial charge in [-0.15, -0.1) is 0 Å². The van der Waals surface area contributed by atoms with E-state index >= 15 is 0 Å². The van der Waals surface area contributed by atoms with Crippen LogP contribution in [0.25, 0.3) is 0 Å². The smallest absolute Gasteiger partial charge is 0.388 e. The highest BCUT2D eigenvalue weighted by Gasteiger charge is 2.43. The maximum atomic E-state index is 13.1. The summed E-state index contributed by atoms with van der Waals surface area (Å²) in [5, 5.41) is 18.9. The topological polar surface area (TPSA) is 47.3 Å². The number of aliphatic hydroxyl groups is 1. The molecule has 20 heavy (non-hydrogen) atoms. The lowest BCUT2D eigenvalue weighted by molar-refractivity contribution is -0.137. The Labute approximate surface area is 115 Å². The van der Waals surface area contributed by atoms with Crippen LogP contribution in [0.2, 0.25) is 0 Å². The van der Waals surface area contributed by atoms with Gasteiger partial charge in [0, 0.05) is 12.2 Å². The Morgan fingerprint density at radius 3 is 2.55 bits per heavy atom. The van der Waals surface area contributed by atoms with Gasteiger partial charge in [0.25, 0.3) is 0 Å². The summed E-state index contributed by atoms with van der Waals surface area (Å²) in [6.45, 7) is 3.67. The Morgan fingerprint density at radius 2 is 2.10 bits per heavy atom. The first kappa shape index (κ1) is 14.7. The summed E-state index contributed by atoms with van der Waals surface area (Å²) < 4.78 is 39.4. The number of rotatable bonds is 1. The van der Waals surface area contributed by atoms with E-state index in [4.69, 9.17) is 5.26 Å². The third-order valence-corrected chi connectivity index (χ3v) is 3.97. The molecule has 0 saturated carbocycles. The van der Waals surface area contributed by atoms with Gasteiger partial charge >= 0.3 is 6.18 Å². The number of halogens is 3. The zero-order chi connectivity index (χ0) is 15.1. The quantitative estimate of drug-likeness (QED) is 0.862. The molecule has 1 aromatic carbocycles. The van der Waals surface area contributed by atoms with Gasteiger partial charge in [0.1, 0.15) is 0 Å². The minimum absolute atomic E-state index is 0.0155. The normalized spacial score (nSPS) is 26.6. The molecule has 2 atom stereocenters. The highest BCUT2D eigenvalue weighted by atomic mass is 19.4. The molecule has 6 heteroatoms. The van der Waals surface area contributed by atoms with Crippen LogP contribution in [0, 0.1) is 11.3 Å². The van der Waals surface area contributed by atoms with Crippen molar-refractivity contribution in [3.05, 3.63) is 29.3 Å². The zero-order valence-corrected chi connectivity index (χ0v) is 11.2. The fourth-order valence-electron chi connectivity index (χ4n) is 2.50. The Morgan fingerprint density at radius 1 is 1.45 bits per heavy atom. The van der Waals surface area contributed by atoms with Crippen LogP contribution in [0.3, 0.4) is 0 Å². The van der Waals surface area contributed by atoms with Crippen molar-refractivity contribution < 1.29 is 18.3 Å². The molecule has 0 amide bonds. The molecule has 1 aliphatic rings. The predicted octanol–water partition coefficient (Wildman–Crippen LogP) is 2.93. The monoisotopic (exact) mass is 284 g/mol. The van der Waals surface area contributed by atoms with Crippen molar-refractivity contribution in [1.82, 2.24) is 0 Å². The van der Waals surface area contributed by atoms with Crippen molar-refractivity contribution in [2.75, 3.05) is 11.4 Å². The highest BCUT2D eigenvalue weighted by Crippen LogP contribution is 2.41. The molecule has 0 bridgehead atoms. The van der Waals surface area contributed by atoms with Crippen molar-refractivity contribution in [1.29, 1.82) is 5.26 Å². The summed E-state index contributed by atoms with van der Waals surface area (Å²) in [4.78, 5) is 1.55. The minimum atomic E-state index is -4.53. The fraction of sp³-hybridized carbons (Fsp3) is 0.500. The van der Waals surface area contributed by atoms with Gasteiger partial charge in [-0.05, 0) is 38.5 Å². The van der Waals surface area contributed by atoms with Crippen LogP contribution in [0.5, 0.6) is 0 Å². The average Bonchev–Trinajstić information content (AvgIpc) is 2.63. The molecule has 3 nitrogen and oxygen atoms in total. The number of hydrogen-bond donors (Lipinski definition) is 1. The molecule has 0 unspecified atom stereocenters. The van der Waals surface area contributed by atoms with E-state index in [9.17, 15) is 18.3 Å². The number of nitriles is 1. The molecule has 1 N–H and O–H groups in total. The number of benzene rings is 1. The average molecular weight is 284 g/mol. The van der Waals surface area contributed by atoms with Gasteiger partial charge in [-0.1, -0.05) is 0 Å². The van der Waals surface area contributed by atoms with Crippen LogP contribution >= 0.6 is 0 Å². The Hall–Kier alpha value is -1.74. The molecule has 0 aromatic heterocycles. The van der Waals surface area contributed by atoms with E-state index in [0.29, 0.717) is 13.0 Å². The fourth-order valence-corrected chi connectivity index (χ4v) is 2.50. The lowest BCUT2D eigenvalue weighted by Crippen LogP contribution is -2.40. The third-order valence-electron chi connectivity index (χ3n) is 3.97. The second-order valence-electron chi connectivity index (χ2n) is 5.32. The van der Waals surface area contributed by atoms with Crippen LogP contribution in [0.15, 0.2) is 18.2 Å². The Bertz CT molecular complexity index is 561. The Balaban J connectivity index is 2.50. The standard InChI is InChI=1S/C14H15F3N2O/c1-9-13(2,20)5-6-19(9)12-4-3-10(8-18)7-11(12)14(15,16)17/h3-4,7,9,20H,5-6H2,1-2H3/t9-,13-/m0/s1. The van der Waals surface area contributed by atoms with Crippen LogP contribution in [0.4, 0.5) is 18.9 Å². The summed E-state index contributed by atoms with van der Waals surface area (Å²) in [7, 11) is 0. The minimum Gasteiger partial charge on any atom is -0.388 e. The summed E-state index contributed by atoms with van der Waals surface area (Å²) in [6.07, 6.45) is -4.12. The van der Waals surface area contributed by atoms with Gasteiger partial charge in [0.05, 0.1) is 28.8 Å². The zero-order valence-electron chi connectivity index (χ0n) is 11.2. The van der Waals surface area contributed by atoms with E-state index in [2.05, 4.69) is 0 Å². The molecule has 0 radical (unpaired) electrons. The van der Waals surface area contributed by atoms with E-state index in [-0.39, 0.29) is 11.3 Å². The van der Waals surface area contributed by atoms with Gasteiger partial charge in [0.15, 0.2) is 0 Å². The number of anilines is 1. The predicted molar refractivity (Wildman–Crippen MR) is 68.2 cm³/mol. The van der Waals surface area contributed by atoms with Crippen LogP contribution in [-0.4, -0.2) is 23.3 Å². The molecule has 1 fully saturated rings. The highest BCUT2D eigenvalue weighted by molar-refractivity contribution is 5.59. The van der Waals surface area contributed by atoms with Crippen molar-refractivity contribution in [2.24, 2.45) is 0 Å². The van der Waals surface area contributed by atoms with E-state index in [0.717, 1.165) is 6.07 Å². The first-order chi connectivity index (χ1) is 9.16. The number of hydrogen-bond acceptors (Lipinski definition) is 3. The molecule has 2 rings (SSSR count). The summed E-state index contributed by atoms with van der Waals surface area (Å²) in [5.41, 5.74) is -1.86. The first-order valence-corrected chi connectivity index (χ1v) is 6.27. The maximum Gasteiger partial charge on any atom is 0.418 e. The molecule has 1 aromatic rings. The van der Waals surface area contributed by atoms with E-state index in [1.165, 1.54) is 12.1 Å². The number of nitrogens with zero attached hydrogens (tertiary/aromatic N) is 2. The van der Waals surface area contributed by atoms with Gasteiger partial charge in [0.2, 0.25) is 0 Å². The van der Waals surface area contributed by atoms with E-state index in [1.807, 2.05) is 0 Å². The summed E-state index contributed by atoms with van der Waals surface area (Å²) in [5.74, 6) is 0. The second kappa shape index (κ2) is 4.67. The molecule has 1 saturated heterocycles. The van der Waals surface area contributed by atoms with Crippen LogP contribution < -0.4 is 4.90 Å². The van der Waals surface area contributed by atoms with Gasteiger partial charge in [-0.2, -0.15) is 18.4 Å². The second-order valence-corrected chi connectivity index (χ2v) is 5.32. The molecular weight excluding hydrogens is 269 g/mol. The first-order valence-electron chi connectivity index (χ1n) is 6.27. The van der Waals surface area contributed by atoms with Crippen molar-refractivity contribution in [3.63, 3.8) is 0 Å². The largest absolute Gasteiger partial charge is 0.418 e. The summed E-state index contributed by atoms with van der Waals surface area (Å²) in [6, 6.07) is 4.82. The van der Waals surface area contributed by atoms with E-state index < -0.39 is 23.4 Å². The van der Waals surface area contributed by atoms with E-state index in [1.54, 1.807) is 24.8 Å². The van der Waals surface area contributed by atoms with Crippen molar-refractivity contribution in [3.8, 4) is 6.07 Å². The van der Waals surface area contributed by atoms with Crippen LogP contribution in [-0.2, 0) is 6.18 Å². The lowest BCUT2D eigenvalue weighted by Gasteiger charge is -2.31. The number of alkyl halides is 3. The van der Waals surface area contributed by atoms with Gasteiger partial charge < -0.3 is 10.0 Å². The molecule has 1 aliphatic heterocycles. The van der Waals surface area contributed by atoms with Gasteiger partial charge in [-0.3, -0.25) is 0 Å². The molecule has 108 valence electrons. The Kier molecular flexibility index (Phi) is 3.42. The SMILES string of the molecule is C[C@@H]1N(c2ccc(C#N)cc2C(F)(F)F)CC[C@]1(C)O. The molecular formula is C14H15F3N2O. The molecule has 0 spiro atoms. The maximum absolute atomic E-state index is 13.1.